The van der Waals surface area contributed by atoms with E-state index in [0.717, 1.165) is 6.92 Å². The number of carbonyl (C=O) groups is 1. The molecule has 1 fully saturated rings. The molecule has 4 nitrogen and oxygen atoms in total. The third-order valence-corrected chi connectivity index (χ3v) is 4.62. The molecule has 0 spiro atoms. The van der Waals surface area contributed by atoms with Crippen molar-refractivity contribution in [2.24, 2.45) is 5.92 Å². The number of alkyl halides is 11. The Morgan fingerprint density at radius 3 is 1.79 bits per heavy atom. The molecule has 1 aliphatic heterocycles. The highest BCUT2D eigenvalue weighted by molar-refractivity contribution is 5.72. The summed E-state index contributed by atoms with van der Waals surface area (Å²) < 4.78 is 156. The topological polar surface area (TPSA) is 55.8 Å². The molecule has 172 valence electrons. The van der Waals surface area contributed by atoms with Gasteiger partial charge in [0.05, 0.1) is 5.92 Å². The zero-order valence-electron chi connectivity index (χ0n) is 14.8. The second kappa shape index (κ2) is 6.82. The summed E-state index contributed by atoms with van der Waals surface area (Å²) in [6, 6.07) is 0. The monoisotopic (exact) mass is 456 g/mol. The Kier molecular flexibility index (Phi) is 6.03. The smallest absolute Gasteiger partial charge is 0.442 e. The van der Waals surface area contributed by atoms with Gasteiger partial charge in [-0.2, -0.15) is 48.3 Å². The third kappa shape index (κ3) is 3.64. The van der Waals surface area contributed by atoms with Crippen LogP contribution >= 0.6 is 0 Å². The average molecular weight is 456 g/mol. The van der Waals surface area contributed by atoms with Crippen LogP contribution in [0.1, 0.15) is 33.6 Å². The quantitative estimate of drug-likeness (QED) is 0.502. The van der Waals surface area contributed by atoms with E-state index in [2.05, 4.69) is 9.47 Å². The molecule has 1 aliphatic rings. The summed E-state index contributed by atoms with van der Waals surface area (Å²) in [5.41, 5.74) is -10.3. The summed E-state index contributed by atoms with van der Waals surface area (Å²) in [5.74, 6) is -16.6. The largest absolute Gasteiger partial charge is 0.449 e. The predicted molar refractivity (Wildman–Crippen MR) is 70.4 cm³/mol. The Labute approximate surface area is 155 Å². The van der Waals surface area contributed by atoms with E-state index in [4.69, 9.17) is 0 Å². The highest BCUT2D eigenvalue weighted by atomic mass is 19.4. The van der Waals surface area contributed by atoms with Gasteiger partial charge >= 0.3 is 36.2 Å². The van der Waals surface area contributed by atoms with E-state index in [1.807, 2.05) is 0 Å². The molecule has 0 aromatic rings. The first-order valence-corrected chi connectivity index (χ1v) is 7.76. The molecule has 4 atom stereocenters. The SMILES string of the molecule is CCC(C)C(=O)OC1(C(F)(F)F)CC(C)(C(F)(F)F)OC(O)(C(F)(F)F)C1(F)F. The van der Waals surface area contributed by atoms with Crippen LogP contribution in [-0.4, -0.2) is 52.5 Å². The summed E-state index contributed by atoms with van der Waals surface area (Å²) >= 11 is 0. The van der Waals surface area contributed by atoms with E-state index in [0.29, 0.717) is 0 Å². The molecule has 29 heavy (non-hydrogen) atoms. The lowest BCUT2D eigenvalue weighted by Crippen LogP contribution is -2.82. The highest BCUT2D eigenvalue weighted by Crippen LogP contribution is 2.64. The van der Waals surface area contributed by atoms with E-state index >= 15 is 0 Å². The van der Waals surface area contributed by atoms with Gasteiger partial charge in [0.15, 0.2) is 5.60 Å². The van der Waals surface area contributed by atoms with Gasteiger partial charge in [0.1, 0.15) is 0 Å². The van der Waals surface area contributed by atoms with Gasteiger partial charge in [0, 0.05) is 6.42 Å². The van der Waals surface area contributed by atoms with Crippen molar-refractivity contribution in [1.82, 2.24) is 0 Å². The summed E-state index contributed by atoms with van der Waals surface area (Å²) in [4.78, 5) is 11.8. The van der Waals surface area contributed by atoms with Crippen LogP contribution in [0.5, 0.6) is 0 Å². The molecule has 0 aromatic heterocycles. The van der Waals surface area contributed by atoms with Gasteiger partial charge in [-0.15, -0.1) is 0 Å². The molecule has 0 aromatic carbocycles. The number of rotatable bonds is 3. The maximum absolute atomic E-state index is 14.6. The van der Waals surface area contributed by atoms with Crippen molar-refractivity contribution in [2.45, 2.75) is 75.1 Å². The standard InChI is InChI=1S/C14H15F11O4/c1-4-6(2)7(26)28-9(13(20,21)22)5-8(3,12(17,18)19)29-11(27,10(9,15)16)14(23,24)25/h6,27H,4-5H2,1-3H3. The van der Waals surface area contributed by atoms with Gasteiger partial charge in [0.25, 0.3) is 5.60 Å². The van der Waals surface area contributed by atoms with Gasteiger partial charge in [0.2, 0.25) is 0 Å². The number of esters is 1. The lowest BCUT2D eigenvalue weighted by atomic mass is 9.74. The molecular weight excluding hydrogens is 441 g/mol. The molecule has 0 aliphatic carbocycles. The van der Waals surface area contributed by atoms with Gasteiger partial charge in [-0.3, -0.25) is 4.79 Å². The summed E-state index contributed by atoms with van der Waals surface area (Å²) in [7, 11) is 0. The van der Waals surface area contributed by atoms with Gasteiger partial charge in [-0.25, -0.2) is 0 Å². The fraction of sp³-hybridized carbons (Fsp3) is 0.929. The van der Waals surface area contributed by atoms with Crippen LogP contribution in [0.4, 0.5) is 48.3 Å². The van der Waals surface area contributed by atoms with Crippen LogP contribution in [0.2, 0.25) is 0 Å². The number of ether oxygens (including phenoxy) is 2. The van der Waals surface area contributed by atoms with Gasteiger partial charge in [-0.1, -0.05) is 13.8 Å². The first-order chi connectivity index (χ1) is 12.5. The molecule has 15 heteroatoms. The van der Waals surface area contributed by atoms with Gasteiger partial charge < -0.3 is 14.6 Å². The van der Waals surface area contributed by atoms with Crippen LogP contribution in [0.3, 0.4) is 0 Å². The molecule has 0 amide bonds. The van der Waals surface area contributed by atoms with E-state index in [1.165, 1.54) is 6.92 Å². The normalized spacial score (nSPS) is 34.6. The van der Waals surface area contributed by atoms with Crippen molar-refractivity contribution in [3.8, 4) is 0 Å². The van der Waals surface area contributed by atoms with Crippen molar-refractivity contribution in [2.75, 3.05) is 0 Å². The fourth-order valence-corrected chi connectivity index (χ4v) is 2.56. The van der Waals surface area contributed by atoms with Crippen molar-refractivity contribution in [3.63, 3.8) is 0 Å². The Morgan fingerprint density at radius 2 is 1.48 bits per heavy atom. The Balaban J connectivity index is 3.93. The van der Waals surface area contributed by atoms with E-state index in [9.17, 15) is 58.2 Å². The van der Waals surface area contributed by atoms with Crippen LogP contribution in [0.15, 0.2) is 0 Å². The molecule has 4 unspecified atom stereocenters. The number of halogens is 11. The number of hydrogen-bond donors (Lipinski definition) is 1. The van der Waals surface area contributed by atoms with E-state index < -0.39 is 66.7 Å². The van der Waals surface area contributed by atoms with Crippen molar-refractivity contribution in [3.05, 3.63) is 0 Å². The highest BCUT2D eigenvalue weighted by Gasteiger charge is 2.91. The summed E-state index contributed by atoms with van der Waals surface area (Å²) in [6.45, 7) is 1.61. The Bertz CT molecular complexity index is 641. The molecule has 1 saturated heterocycles. The van der Waals surface area contributed by atoms with Crippen molar-refractivity contribution < 1.29 is 67.7 Å². The molecule has 1 N–H and O–H groups in total. The number of aliphatic hydroxyl groups is 1. The molecule has 0 saturated carbocycles. The van der Waals surface area contributed by atoms with Crippen LogP contribution in [0, 0.1) is 5.92 Å². The lowest BCUT2D eigenvalue weighted by Gasteiger charge is -2.56. The van der Waals surface area contributed by atoms with E-state index in [-0.39, 0.29) is 6.42 Å². The Morgan fingerprint density at radius 1 is 1.03 bits per heavy atom. The average Bonchev–Trinajstić information content (AvgIpc) is 2.48. The van der Waals surface area contributed by atoms with Crippen LogP contribution in [-0.2, 0) is 14.3 Å². The minimum absolute atomic E-state index is 0.338. The third-order valence-electron chi connectivity index (χ3n) is 4.62. The molecule has 0 radical (unpaired) electrons. The maximum atomic E-state index is 14.6. The van der Waals surface area contributed by atoms with Crippen LogP contribution < -0.4 is 0 Å². The fourth-order valence-electron chi connectivity index (χ4n) is 2.56. The lowest BCUT2D eigenvalue weighted by molar-refractivity contribution is -0.534. The zero-order chi connectivity index (χ0) is 23.5. The second-order valence-electron chi connectivity index (χ2n) is 6.78. The number of carbonyl (C=O) groups excluding carboxylic acids is 1. The van der Waals surface area contributed by atoms with Crippen LogP contribution in [0.25, 0.3) is 0 Å². The first-order valence-electron chi connectivity index (χ1n) is 7.76. The molecule has 1 rings (SSSR count). The first kappa shape index (κ1) is 25.7. The maximum Gasteiger partial charge on any atom is 0.449 e. The van der Waals surface area contributed by atoms with Crippen molar-refractivity contribution >= 4 is 5.97 Å². The Hall–Kier alpha value is -1.38. The summed E-state index contributed by atoms with van der Waals surface area (Å²) in [5, 5.41) is 9.35. The second-order valence-corrected chi connectivity index (χ2v) is 6.78. The summed E-state index contributed by atoms with van der Waals surface area (Å²) in [6.07, 6.45) is -22.9. The molecular formula is C14H15F11O4. The van der Waals surface area contributed by atoms with Crippen molar-refractivity contribution in [1.29, 1.82) is 0 Å². The minimum Gasteiger partial charge on any atom is -0.442 e. The molecule has 0 bridgehead atoms. The minimum atomic E-state index is -6.84. The molecule has 1 heterocycles. The predicted octanol–water partition coefficient (Wildman–Crippen LogP) is 4.50. The zero-order valence-corrected chi connectivity index (χ0v) is 14.8. The number of hydrogen-bond acceptors (Lipinski definition) is 4. The van der Waals surface area contributed by atoms with Gasteiger partial charge in [-0.05, 0) is 13.3 Å². The van der Waals surface area contributed by atoms with E-state index in [1.54, 1.807) is 0 Å².